The van der Waals surface area contributed by atoms with Crippen LogP contribution in [0.4, 0.5) is 0 Å². The summed E-state index contributed by atoms with van der Waals surface area (Å²) >= 11 is 0. The van der Waals surface area contributed by atoms with Gasteiger partial charge in [-0.1, -0.05) is 26.8 Å². The summed E-state index contributed by atoms with van der Waals surface area (Å²) in [5.74, 6) is 0. The molecule has 0 fully saturated rings. The first kappa shape index (κ1) is 13.4. The fourth-order valence-electron chi connectivity index (χ4n) is 0.961. The smallest absolute Gasteiger partial charge is 0.811 e. The van der Waals surface area contributed by atoms with Gasteiger partial charge in [0.1, 0.15) is 0 Å². The summed E-state index contributed by atoms with van der Waals surface area (Å²) in [5.41, 5.74) is 1.41. The molecule has 0 bridgehead atoms. The van der Waals surface area contributed by atoms with E-state index in [0.717, 1.165) is 5.56 Å². The van der Waals surface area contributed by atoms with Crippen molar-refractivity contribution in [3.8, 4) is 0 Å². The topological polar surface area (TPSA) is 35.2 Å². The summed E-state index contributed by atoms with van der Waals surface area (Å²) in [6.45, 7) is 6.00. The van der Waals surface area contributed by atoms with Crippen LogP contribution in [0.25, 0.3) is 5.41 Å². The van der Waals surface area contributed by atoms with Crippen molar-refractivity contribution in [2.24, 2.45) is 5.41 Å². The van der Waals surface area contributed by atoms with E-state index in [1.54, 1.807) is 12.4 Å². The summed E-state index contributed by atoms with van der Waals surface area (Å²) in [5, 5.41) is 9.73. The molecule has 0 N–H and O–H groups in total. The standard InChI is InChI=1S/C11H15N2.Li/c1-11(2,3)10(12)7-9-5-4-6-13-8-9;/h4-6,8H,7H2,1-3H3;/q-1;+1. The third-order valence-corrected chi connectivity index (χ3v) is 1.96. The molecule has 0 saturated carbocycles. The molecule has 1 aromatic rings. The predicted octanol–water partition coefficient (Wildman–Crippen LogP) is -0.315. The maximum Gasteiger partial charge on any atom is 1.00 e. The first-order valence-electron chi connectivity index (χ1n) is 4.44. The Labute approximate surface area is 97.8 Å². The molecule has 1 aromatic heterocycles. The fraction of sp³-hybridized carbons (Fsp3) is 0.455. The molecule has 0 atom stereocenters. The van der Waals surface area contributed by atoms with E-state index in [1.807, 2.05) is 32.9 Å². The average molecular weight is 182 g/mol. The van der Waals surface area contributed by atoms with Gasteiger partial charge in [-0.15, -0.1) is 0 Å². The molecule has 0 aliphatic carbocycles. The molecule has 14 heavy (non-hydrogen) atoms. The van der Waals surface area contributed by atoms with E-state index in [4.69, 9.17) is 0 Å². The molecular weight excluding hydrogens is 167 g/mol. The van der Waals surface area contributed by atoms with Crippen LogP contribution in [-0.2, 0) is 6.42 Å². The van der Waals surface area contributed by atoms with Crippen molar-refractivity contribution < 1.29 is 18.9 Å². The van der Waals surface area contributed by atoms with E-state index >= 15 is 0 Å². The Kier molecular flexibility index (Phi) is 5.11. The summed E-state index contributed by atoms with van der Waals surface area (Å²) < 4.78 is 0. The van der Waals surface area contributed by atoms with Gasteiger partial charge in [-0.2, -0.15) is 5.71 Å². The minimum atomic E-state index is -0.143. The number of nitrogens with zero attached hydrogens (tertiary/aromatic N) is 2. The molecule has 0 unspecified atom stereocenters. The molecule has 0 amide bonds. The zero-order chi connectivity index (χ0) is 9.90. The first-order valence-corrected chi connectivity index (χ1v) is 4.44. The third kappa shape index (κ3) is 4.08. The second kappa shape index (κ2) is 5.34. The predicted molar refractivity (Wildman–Crippen MR) is 55.8 cm³/mol. The van der Waals surface area contributed by atoms with Gasteiger partial charge in [0.05, 0.1) is 0 Å². The largest absolute Gasteiger partial charge is 1.00 e. The van der Waals surface area contributed by atoms with Crippen LogP contribution < -0.4 is 18.9 Å². The van der Waals surface area contributed by atoms with Crippen LogP contribution in [0.5, 0.6) is 0 Å². The van der Waals surface area contributed by atoms with Crippen molar-refractivity contribution >= 4 is 5.71 Å². The van der Waals surface area contributed by atoms with Crippen molar-refractivity contribution in [3.05, 3.63) is 35.5 Å². The molecule has 1 rings (SSSR count). The van der Waals surface area contributed by atoms with Crippen molar-refractivity contribution in [1.82, 2.24) is 4.98 Å². The SMILES string of the molecule is CC(C)(C)C(=[N-])Cc1cccnc1.[Li+]. The summed E-state index contributed by atoms with van der Waals surface area (Å²) in [6, 6.07) is 3.85. The first-order chi connectivity index (χ1) is 6.00. The van der Waals surface area contributed by atoms with Gasteiger partial charge in [-0.05, 0) is 23.5 Å². The Morgan fingerprint density at radius 1 is 1.43 bits per heavy atom. The van der Waals surface area contributed by atoms with E-state index in [2.05, 4.69) is 4.98 Å². The number of hydrogen-bond acceptors (Lipinski definition) is 1. The quantitative estimate of drug-likeness (QED) is 0.456. The Hall–Kier alpha value is -0.583. The normalized spacial score (nSPS) is 10.5. The summed E-state index contributed by atoms with van der Waals surface area (Å²) in [7, 11) is 0. The number of rotatable bonds is 2. The third-order valence-electron chi connectivity index (χ3n) is 1.96. The fourth-order valence-corrected chi connectivity index (χ4v) is 0.961. The van der Waals surface area contributed by atoms with Gasteiger partial charge in [0.25, 0.3) is 0 Å². The Morgan fingerprint density at radius 2 is 2.07 bits per heavy atom. The van der Waals surface area contributed by atoms with Crippen LogP contribution in [0.3, 0.4) is 0 Å². The van der Waals surface area contributed by atoms with Crippen molar-refractivity contribution in [1.29, 1.82) is 0 Å². The molecule has 3 heteroatoms. The van der Waals surface area contributed by atoms with Gasteiger partial charge in [0.15, 0.2) is 0 Å². The van der Waals surface area contributed by atoms with Gasteiger partial charge in [0.2, 0.25) is 0 Å². The Bertz CT molecular complexity index is 288. The molecule has 0 saturated heterocycles. The zero-order valence-corrected chi connectivity index (χ0v) is 9.41. The molecule has 1 heterocycles. The Morgan fingerprint density at radius 3 is 2.50 bits per heavy atom. The molecular formula is C11H15LiN2. The number of aromatic nitrogens is 1. The second-order valence-electron chi connectivity index (χ2n) is 4.23. The zero-order valence-electron chi connectivity index (χ0n) is 9.41. The monoisotopic (exact) mass is 182 g/mol. The number of hydrogen-bond donors (Lipinski definition) is 0. The average Bonchev–Trinajstić information content (AvgIpc) is 2.04. The maximum absolute atomic E-state index is 9.73. The van der Waals surface area contributed by atoms with E-state index in [0.29, 0.717) is 12.1 Å². The van der Waals surface area contributed by atoms with E-state index in [-0.39, 0.29) is 24.3 Å². The van der Waals surface area contributed by atoms with Crippen LogP contribution in [0.15, 0.2) is 24.5 Å². The van der Waals surface area contributed by atoms with Crippen molar-refractivity contribution in [2.45, 2.75) is 27.2 Å². The van der Waals surface area contributed by atoms with Crippen molar-refractivity contribution in [2.75, 3.05) is 0 Å². The van der Waals surface area contributed by atoms with E-state index in [1.165, 1.54) is 0 Å². The molecule has 0 aromatic carbocycles. The molecule has 0 radical (unpaired) electrons. The molecule has 0 aliphatic rings. The van der Waals surface area contributed by atoms with Crippen LogP contribution >= 0.6 is 0 Å². The van der Waals surface area contributed by atoms with Gasteiger partial charge in [0, 0.05) is 12.4 Å². The van der Waals surface area contributed by atoms with Crippen molar-refractivity contribution in [3.63, 3.8) is 0 Å². The van der Waals surface area contributed by atoms with Gasteiger partial charge in [-0.25, -0.2) is 0 Å². The van der Waals surface area contributed by atoms with Gasteiger partial charge < -0.3 is 5.41 Å². The molecule has 70 valence electrons. The van der Waals surface area contributed by atoms with Crippen LogP contribution in [0, 0.1) is 5.41 Å². The van der Waals surface area contributed by atoms with Gasteiger partial charge >= 0.3 is 18.9 Å². The summed E-state index contributed by atoms with van der Waals surface area (Å²) in [6.07, 6.45) is 4.11. The molecule has 0 spiro atoms. The molecule has 2 nitrogen and oxygen atoms in total. The minimum Gasteiger partial charge on any atom is -0.811 e. The molecule has 0 aliphatic heterocycles. The van der Waals surface area contributed by atoms with Crippen LogP contribution in [0.1, 0.15) is 26.3 Å². The van der Waals surface area contributed by atoms with E-state index in [9.17, 15) is 5.41 Å². The number of pyridine rings is 1. The van der Waals surface area contributed by atoms with Crippen LogP contribution in [0.2, 0.25) is 0 Å². The summed E-state index contributed by atoms with van der Waals surface area (Å²) in [4.78, 5) is 4.00. The maximum atomic E-state index is 9.73. The second-order valence-corrected chi connectivity index (χ2v) is 4.23. The van der Waals surface area contributed by atoms with Gasteiger partial charge in [-0.3, -0.25) is 4.98 Å². The minimum absolute atomic E-state index is 0. The Balaban J connectivity index is 0.00000169. The van der Waals surface area contributed by atoms with Crippen LogP contribution in [-0.4, -0.2) is 10.7 Å². The van der Waals surface area contributed by atoms with E-state index < -0.39 is 0 Å².